The molecule has 1 aliphatic rings. The third-order valence-corrected chi connectivity index (χ3v) is 5.94. The van der Waals surface area contributed by atoms with Crippen molar-refractivity contribution in [3.05, 3.63) is 65.2 Å². The van der Waals surface area contributed by atoms with E-state index in [0.29, 0.717) is 18.7 Å². The number of aromatic nitrogens is 1. The molecule has 3 aromatic rings. The lowest BCUT2D eigenvalue weighted by Gasteiger charge is -2.23. The van der Waals surface area contributed by atoms with Crippen LogP contribution < -0.4 is 9.64 Å². The molecule has 1 aromatic heterocycles. The third-order valence-electron chi connectivity index (χ3n) is 5.02. The first kappa shape index (κ1) is 20.1. The molecule has 1 aliphatic heterocycles. The zero-order chi connectivity index (χ0) is 21.1. The van der Waals surface area contributed by atoms with E-state index < -0.39 is 12.0 Å². The minimum atomic E-state index is -0.642. The van der Waals surface area contributed by atoms with E-state index in [0.717, 1.165) is 27.6 Å². The molecule has 0 spiro atoms. The fourth-order valence-electron chi connectivity index (χ4n) is 3.70. The van der Waals surface area contributed by atoms with Gasteiger partial charge in [0, 0.05) is 17.5 Å². The van der Waals surface area contributed by atoms with Crippen LogP contribution in [-0.4, -0.2) is 36.6 Å². The number of fused-ring (bicyclic) bond motifs is 1. The van der Waals surface area contributed by atoms with Gasteiger partial charge in [-0.2, -0.15) is 0 Å². The molecular formula is C23H22N2O4S. The second kappa shape index (κ2) is 8.67. The van der Waals surface area contributed by atoms with Crippen molar-refractivity contribution in [2.45, 2.75) is 25.8 Å². The number of benzene rings is 2. The Morgan fingerprint density at radius 1 is 1.17 bits per heavy atom. The van der Waals surface area contributed by atoms with Gasteiger partial charge in [-0.1, -0.05) is 30.3 Å². The lowest BCUT2D eigenvalue weighted by molar-refractivity contribution is -0.143. The first-order valence-electron chi connectivity index (χ1n) is 9.76. The van der Waals surface area contributed by atoms with Gasteiger partial charge >= 0.3 is 5.97 Å². The van der Waals surface area contributed by atoms with Crippen molar-refractivity contribution in [1.29, 1.82) is 0 Å². The van der Waals surface area contributed by atoms with Crippen LogP contribution in [0.1, 0.15) is 18.2 Å². The Morgan fingerprint density at radius 3 is 2.73 bits per heavy atom. The van der Waals surface area contributed by atoms with Crippen LogP contribution in [0.15, 0.2) is 53.9 Å². The Bertz CT molecular complexity index is 1080. The van der Waals surface area contributed by atoms with Crippen molar-refractivity contribution >= 4 is 28.9 Å². The summed E-state index contributed by atoms with van der Waals surface area (Å²) in [6.07, 6.45) is 0.563. The quantitative estimate of drug-likeness (QED) is 0.564. The van der Waals surface area contributed by atoms with E-state index in [2.05, 4.69) is 4.98 Å². The van der Waals surface area contributed by atoms with Gasteiger partial charge in [-0.3, -0.25) is 9.69 Å². The number of anilines is 1. The number of hydrogen-bond donors (Lipinski definition) is 0. The first-order chi connectivity index (χ1) is 14.6. The van der Waals surface area contributed by atoms with Gasteiger partial charge < -0.3 is 9.47 Å². The maximum atomic E-state index is 13.2. The molecule has 0 N–H and O–H groups in total. The highest BCUT2D eigenvalue weighted by Gasteiger charge is 2.38. The number of nitrogens with zero attached hydrogens (tertiary/aromatic N) is 2. The van der Waals surface area contributed by atoms with Crippen molar-refractivity contribution in [1.82, 2.24) is 4.98 Å². The van der Waals surface area contributed by atoms with Gasteiger partial charge in [0.2, 0.25) is 5.91 Å². The molecule has 6 nitrogen and oxygen atoms in total. The molecule has 0 saturated heterocycles. The molecule has 1 unspecified atom stereocenters. The molecule has 154 valence electrons. The summed E-state index contributed by atoms with van der Waals surface area (Å²) in [6.45, 7) is 2.51. The van der Waals surface area contributed by atoms with Gasteiger partial charge in [0.05, 0.1) is 31.4 Å². The van der Waals surface area contributed by atoms with Gasteiger partial charge in [-0.15, -0.1) is 11.3 Å². The summed E-state index contributed by atoms with van der Waals surface area (Å²) in [7, 11) is 1.34. The topological polar surface area (TPSA) is 68.7 Å². The molecule has 0 saturated carbocycles. The number of para-hydroxylation sites is 2. The van der Waals surface area contributed by atoms with Crippen LogP contribution in [0.4, 0.5) is 5.69 Å². The number of rotatable bonds is 6. The first-order valence-corrected chi connectivity index (χ1v) is 10.6. The molecular weight excluding hydrogens is 400 g/mol. The fourth-order valence-corrected chi connectivity index (χ4v) is 4.54. The summed E-state index contributed by atoms with van der Waals surface area (Å²) in [6, 6.07) is 14.7. The number of carbonyl (C=O) groups is 2. The number of ether oxygens (including phenoxy) is 2. The van der Waals surface area contributed by atoms with E-state index >= 15 is 0 Å². The van der Waals surface area contributed by atoms with Gasteiger partial charge in [-0.05, 0) is 30.7 Å². The van der Waals surface area contributed by atoms with E-state index in [1.165, 1.54) is 18.4 Å². The molecule has 0 aliphatic carbocycles. The fraction of sp³-hybridized carbons (Fsp3) is 0.261. The maximum absolute atomic E-state index is 13.2. The predicted octanol–water partition coefficient (Wildman–Crippen LogP) is 3.88. The minimum Gasteiger partial charge on any atom is -0.493 e. The van der Waals surface area contributed by atoms with Crippen LogP contribution in [0.25, 0.3) is 10.6 Å². The van der Waals surface area contributed by atoms with Gasteiger partial charge in [0.15, 0.2) is 0 Å². The molecule has 0 fully saturated rings. The maximum Gasteiger partial charge on any atom is 0.329 e. The van der Waals surface area contributed by atoms with Gasteiger partial charge in [0.1, 0.15) is 16.8 Å². The van der Waals surface area contributed by atoms with Crippen LogP contribution in [-0.2, 0) is 27.2 Å². The Hall–Kier alpha value is -3.19. The van der Waals surface area contributed by atoms with Gasteiger partial charge in [-0.25, -0.2) is 9.78 Å². The van der Waals surface area contributed by atoms with Crippen molar-refractivity contribution in [3.8, 4) is 16.3 Å². The van der Waals surface area contributed by atoms with E-state index in [-0.39, 0.29) is 12.3 Å². The number of amides is 1. The average molecular weight is 423 g/mol. The predicted molar refractivity (Wildman–Crippen MR) is 116 cm³/mol. The summed E-state index contributed by atoms with van der Waals surface area (Å²) < 4.78 is 10.6. The lowest BCUT2D eigenvalue weighted by atomic mass is 10.1. The Kier molecular flexibility index (Phi) is 5.81. The number of thiazole rings is 1. The molecule has 2 heterocycles. The largest absolute Gasteiger partial charge is 0.493 e. The zero-order valence-corrected chi connectivity index (χ0v) is 17.6. The normalized spacial score (nSPS) is 15.0. The third kappa shape index (κ3) is 3.80. The van der Waals surface area contributed by atoms with Crippen LogP contribution in [0, 0.1) is 0 Å². The van der Waals surface area contributed by atoms with Crippen LogP contribution in [0.2, 0.25) is 0 Å². The lowest BCUT2D eigenvalue weighted by Crippen LogP contribution is -2.44. The summed E-state index contributed by atoms with van der Waals surface area (Å²) in [5.74, 6) is 0.181. The molecule has 0 bridgehead atoms. The Morgan fingerprint density at radius 2 is 1.93 bits per heavy atom. The second-order valence-electron chi connectivity index (χ2n) is 6.89. The Labute approximate surface area is 179 Å². The van der Waals surface area contributed by atoms with Crippen molar-refractivity contribution in [2.24, 2.45) is 0 Å². The monoisotopic (exact) mass is 422 g/mol. The SMILES string of the molecule is CCOc1ccccc1-c1nc(CC(=O)N2c3ccccc3CC2C(=O)OC)cs1. The van der Waals surface area contributed by atoms with Crippen LogP contribution in [0.5, 0.6) is 5.75 Å². The smallest absolute Gasteiger partial charge is 0.329 e. The number of methoxy groups -OCH3 is 1. The number of esters is 1. The average Bonchev–Trinajstić information content (AvgIpc) is 3.38. The summed E-state index contributed by atoms with van der Waals surface area (Å²) in [5, 5.41) is 2.68. The van der Waals surface area contributed by atoms with Gasteiger partial charge in [0.25, 0.3) is 0 Å². The number of hydrogen-bond acceptors (Lipinski definition) is 6. The molecule has 30 heavy (non-hydrogen) atoms. The highest BCUT2D eigenvalue weighted by molar-refractivity contribution is 7.13. The summed E-state index contributed by atoms with van der Waals surface area (Å²) in [4.78, 5) is 31.7. The molecule has 1 atom stereocenters. The minimum absolute atomic E-state index is 0.106. The van der Waals surface area contributed by atoms with Crippen molar-refractivity contribution in [2.75, 3.05) is 18.6 Å². The molecule has 2 aromatic carbocycles. The zero-order valence-electron chi connectivity index (χ0n) is 16.8. The van der Waals surface area contributed by atoms with E-state index in [4.69, 9.17) is 9.47 Å². The highest BCUT2D eigenvalue weighted by Crippen LogP contribution is 2.35. The van der Waals surface area contributed by atoms with E-state index in [9.17, 15) is 9.59 Å². The number of carbonyl (C=O) groups excluding carboxylic acids is 2. The second-order valence-corrected chi connectivity index (χ2v) is 7.74. The van der Waals surface area contributed by atoms with Crippen LogP contribution >= 0.6 is 11.3 Å². The van der Waals surface area contributed by atoms with Crippen LogP contribution in [0.3, 0.4) is 0 Å². The highest BCUT2D eigenvalue weighted by atomic mass is 32.1. The summed E-state index contributed by atoms with van der Waals surface area (Å²) in [5.41, 5.74) is 3.29. The standard InChI is InChI=1S/C23H22N2O4S/c1-3-29-20-11-7-5-9-17(20)22-24-16(14-30-22)13-21(26)25-18-10-6-4-8-15(18)12-19(25)23(27)28-2/h4-11,14,19H,3,12-13H2,1-2H3. The molecule has 1 amide bonds. The molecule has 4 rings (SSSR count). The van der Waals surface area contributed by atoms with Crippen molar-refractivity contribution in [3.63, 3.8) is 0 Å². The molecule has 0 radical (unpaired) electrons. The van der Waals surface area contributed by atoms with Crippen molar-refractivity contribution < 1.29 is 19.1 Å². The van der Waals surface area contributed by atoms with E-state index in [1.807, 2.05) is 60.8 Å². The summed E-state index contributed by atoms with van der Waals surface area (Å²) >= 11 is 1.47. The Balaban J connectivity index is 1.58. The molecule has 7 heteroatoms. The van der Waals surface area contributed by atoms with E-state index in [1.54, 1.807) is 4.90 Å².